The average molecular weight is 256 g/mol. The first kappa shape index (κ1) is 11.6. The summed E-state index contributed by atoms with van der Waals surface area (Å²) in [4.78, 5) is 0. The van der Waals surface area contributed by atoms with Crippen LogP contribution in [-0.2, 0) is 0 Å². The topological polar surface area (TPSA) is 33.0 Å². The quantitative estimate of drug-likeness (QED) is 0.799. The largest absolute Gasteiger partial charge is 0.487 e. The molecule has 0 radical (unpaired) electrons. The summed E-state index contributed by atoms with van der Waals surface area (Å²) < 4.78 is 5.75. The van der Waals surface area contributed by atoms with Gasteiger partial charge in [-0.1, -0.05) is 23.2 Å². The second-order valence-corrected chi connectivity index (χ2v) is 4.74. The lowest BCUT2D eigenvalue weighted by Crippen LogP contribution is -2.20. The second kappa shape index (κ2) is 4.95. The van der Waals surface area contributed by atoms with Crippen LogP contribution in [0.15, 0.2) is 18.2 Å². The number of hydrogen-bond acceptors (Lipinski definition) is 2. The zero-order valence-electron chi connectivity index (χ0n) is 8.62. The highest BCUT2D eigenvalue weighted by Gasteiger charge is 2.29. The molecule has 0 spiro atoms. The standard InChI is InChI=1S/C12H11Cl2NO/c13-9-4-5-12(10(14)6-9)16-11-3-1-2-8(11)7-15/h4-6,8,11H,1-3H2. The average Bonchev–Trinajstić information content (AvgIpc) is 2.69. The van der Waals surface area contributed by atoms with E-state index in [-0.39, 0.29) is 12.0 Å². The Kier molecular flexibility index (Phi) is 3.58. The van der Waals surface area contributed by atoms with Crippen molar-refractivity contribution in [1.29, 1.82) is 5.26 Å². The number of hydrogen-bond donors (Lipinski definition) is 0. The van der Waals surface area contributed by atoms with Gasteiger partial charge in [0.1, 0.15) is 11.9 Å². The van der Waals surface area contributed by atoms with Crippen molar-refractivity contribution < 1.29 is 4.74 Å². The predicted molar refractivity (Wildman–Crippen MR) is 63.8 cm³/mol. The van der Waals surface area contributed by atoms with Crippen LogP contribution in [-0.4, -0.2) is 6.10 Å². The third kappa shape index (κ3) is 2.42. The number of benzene rings is 1. The Hall–Kier alpha value is -0.910. The maximum absolute atomic E-state index is 8.94. The second-order valence-electron chi connectivity index (χ2n) is 3.90. The highest BCUT2D eigenvalue weighted by molar-refractivity contribution is 6.35. The molecular weight excluding hydrogens is 245 g/mol. The van der Waals surface area contributed by atoms with E-state index in [1.54, 1.807) is 18.2 Å². The number of nitriles is 1. The molecule has 1 aromatic carbocycles. The van der Waals surface area contributed by atoms with Crippen molar-refractivity contribution in [2.75, 3.05) is 0 Å². The van der Waals surface area contributed by atoms with Crippen LogP contribution in [0, 0.1) is 17.2 Å². The highest BCUT2D eigenvalue weighted by atomic mass is 35.5. The van der Waals surface area contributed by atoms with Crippen LogP contribution in [0.4, 0.5) is 0 Å². The molecule has 16 heavy (non-hydrogen) atoms. The van der Waals surface area contributed by atoms with Gasteiger partial charge in [-0.15, -0.1) is 0 Å². The van der Waals surface area contributed by atoms with Gasteiger partial charge in [-0.3, -0.25) is 0 Å². The van der Waals surface area contributed by atoms with Gasteiger partial charge in [-0.2, -0.15) is 5.26 Å². The van der Waals surface area contributed by atoms with Crippen molar-refractivity contribution in [3.63, 3.8) is 0 Å². The predicted octanol–water partition coefficient (Wildman–Crippen LogP) is 4.06. The Morgan fingerprint density at radius 1 is 1.31 bits per heavy atom. The van der Waals surface area contributed by atoms with Crippen molar-refractivity contribution in [1.82, 2.24) is 0 Å². The van der Waals surface area contributed by atoms with Gasteiger partial charge in [0.15, 0.2) is 0 Å². The van der Waals surface area contributed by atoms with E-state index >= 15 is 0 Å². The van der Waals surface area contributed by atoms with Gasteiger partial charge in [0.2, 0.25) is 0 Å². The van der Waals surface area contributed by atoms with Crippen LogP contribution in [0.1, 0.15) is 19.3 Å². The van der Waals surface area contributed by atoms with Crippen molar-refractivity contribution in [3.05, 3.63) is 28.2 Å². The van der Waals surface area contributed by atoms with E-state index in [0.29, 0.717) is 15.8 Å². The molecule has 1 aromatic rings. The number of rotatable bonds is 2. The zero-order valence-corrected chi connectivity index (χ0v) is 10.1. The summed E-state index contributed by atoms with van der Waals surface area (Å²) in [6.07, 6.45) is 2.82. The molecule has 2 atom stereocenters. The molecule has 1 saturated carbocycles. The summed E-state index contributed by atoms with van der Waals surface area (Å²) in [6, 6.07) is 7.40. The molecule has 1 aliphatic rings. The smallest absolute Gasteiger partial charge is 0.138 e. The molecule has 1 aliphatic carbocycles. The first-order valence-corrected chi connectivity index (χ1v) is 5.97. The van der Waals surface area contributed by atoms with Gasteiger partial charge in [0, 0.05) is 5.02 Å². The molecule has 0 saturated heterocycles. The van der Waals surface area contributed by atoms with Crippen LogP contribution in [0.25, 0.3) is 0 Å². The molecule has 0 aromatic heterocycles. The van der Waals surface area contributed by atoms with Crippen molar-refractivity contribution in [2.24, 2.45) is 5.92 Å². The fourth-order valence-corrected chi connectivity index (χ4v) is 2.40. The Bertz CT molecular complexity index is 428. The van der Waals surface area contributed by atoms with Crippen molar-refractivity contribution in [2.45, 2.75) is 25.4 Å². The molecule has 0 amide bonds. The molecule has 2 unspecified atom stereocenters. The fourth-order valence-electron chi connectivity index (χ4n) is 1.95. The van der Waals surface area contributed by atoms with Crippen LogP contribution in [0.2, 0.25) is 10.0 Å². The minimum Gasteiger partial charge on any atom is -0.487 e. The summed E-state index contributed by atoms with van der Waals surface area (Å²) in [7, 11) is 0. The zero-order chi connectivity index (χ0) is 11.5. The van der Waals surface area contributed by atoms with E-state index in [4.69, 9.17) is 33.2 Å². The minimum absolute atomic E-state index is 0.0215. The molecule has 0 bridgehead atoms. The Balaban J connectivity index is 2.12. The minimum atomic E-state index is -0.0383. The molecule has 1 fully saturated rings. The van der Waals surface area contributed by atoms with E-state index in [1.165, 1.54) is 0 Å². The van der Waals surface area contributed by atoms with Gasteiger partial charge in [-0.25, -0.2) is 0 Å². The van der Waals surface area contributed by atoms with E-state index in [9.17, 15) is 0 Å². The third-order valence-electron chi connectivity index (χ3n) is 2.79. The van der Waals surface area contributed by atoms with Crippen molar-refractivity contribution >= 4 is 23.2 Å². The van der Waals surface area contributed by atoms with E-state index in [2.05, 4.69) is 6.07 Å². The first-order chi connectivity index (χ1) is 7.70. The molecule has 0 N–H and O–H groups in total. The maximum Gasteiger partial charge on any atom is 0.138 e. The van der Waals surface area contributed by atoms with Gasteiger partial charge in [0.05, 0.1) is 17.0 Å². The molecular formula is C12H11Cl2NO. The summed E-state index contributed by atoms with van der Waals surface area (Å²) in [5.41, 5.74) is 0. The summed E-state index contributed by atoms with van der Waals surface area (Å²) >= 11 is 11.8. The summed E-state index contributed by atoms with van der Waals surface area (Å²) in [5, 5.41) is 10.0. The monoisotopic (exact) mass is 255 g/mol. The van der Waals surface area contributed by atoms with Crippen LogP contribution in [0.5, 0.6) is 5.75 Å². The lowest BCUT2D eigenvalue weighted by atomic mass is 10.1. The highest BCUT2D eigenvalue weighted by Crippen LogP contribution is 2.33. The number of halogens is 2. The van der Waals surface area contributed by atoms with Gasteiger partial charge < -0.3 is 4.74 Å². The molecule has 0 aliphatic heterocycles. The van der Waals surface area contributed by atoms with Crippen molar-refractivity contribution in [3.8, 4) is 11.8 Å². The van der Waals surface area contributed by atoms with Gasteiger partial charge >= 0.3 is 0 Å². The molecule has 2 nitrogen and oxygen atoms in total. The normalized spacial score (nSPS) is 24.1. The Morgan fingerprint density at radius 3 is 2.81 bits per heavy atom. The first-order valence-electron chi connectivity index (χ1n) is 5.22. The van der Waals surface area contributed by atoms with Crippen LogP contribution in [0.3, 0.4) is 0 Å². The third-order valence-corrected chi connectivity index (χ3v) is 3.32. The summed E-state index contributed by atoms with van der Waals surface area (Å²) in [5.74, 6) is 0.588. The number of ether oxygens (including phenoxy) is 1. The molecule has 0 heterocycles. The SMILES string of the molecule is N#CC1CCCC1Oc1ccc(Cl)cc1Cl. The molecule has 4 heteroatoms. The van der Waals surface area contributed by atoms with E-state index < -0.39 is 0 Å². The molecule has 84 valence electrons. The van der Waals surface area contributed by atoms with Crippen LogP contribution < -0.4 is 4.74 Å². The maximum atomic E-state index is 8.94. The number of nitrogens with zero attached hydrogens (tertiary/aromatic N) is 1. The van der Waals surface area contributed by atoms with Crippen LogP contribution >= 0.6 is 23.2 Å². The summed E-state index contributed by atoms with van der Waals surface area (Å²) in [6.45, 7) is 0. The lowest BCUT2D eigenvalue weighted by molar-refractivity contribution is 0.183. The fraction of sp³-hybridized carbons (Fsp3) is 0.417. The molecule has 2 rings (SSSR count). The van der Waals surface area contributed by atoms with Gasteiger partial charge in [-0.05, 0) is 37.5 Å². The Morgan fingerprint density at radius 2 is 2.12 bits per heavy atom. The van der Waals surface area contributed by atoms with E-state index in [0.717, 1.165) is 19.3 Å². The van der Waals surface area contributed by atoms with E-state index in [1.807, 2.05) is 0 Å². The van der Waals surface area contributed by atoms with Gasteiger partial charge in [0.25, 0.3) is 0 Å². The lowest BCUT2D eigenvalue weighted by Gasteiger charge is -2.17. The Labute approximate surface area is 105 Å².